The Morgan fingerprint density at radius 3 is 2.07 bits per heavy atom. The molecular weight excluding hydrogens is 450 g/mol. The van der Waals surface area contributed by atoms with Gasteiger partial charge in [-0.3, -0.25) is 14.4 Å². The molecule has 0 unspecified atom stereocenters. The van der Waals surface area contributed by atoms with E-state index in [-0.39, 0.29) is 17.0 Å². The van der Waals surface area contributed by atoms with Gasteiger partial charge in [0.25, 0.3) is 11.8 Å². The summed E-state index contributed by atoms with van der Waals surface area (Å²) < 4.78 is 5.95. The first kappa shape index (κ1) is 19.7. The van der Waals surface area contributed by atoms with Gasteiger partial charge in [-0.05, 0) is 42.5 Å². The van der Waals surface area contributed by atoms with Crippen molar-refractivity contribution in [3.05, 3.63) is 99.5 Å². The highest BCUT2D eigenvalue weighted by Gasteiger charge is 2.36. The minimum Gasteiger partial charge on any atom is -0.454 e. The lowest BCUT2D eigenvalue weighted by Gasteiger charge is -2.14. The van der Waals surface area contributed by atoms with Crippen LogP contribution in [-0.2, 0) is 4.74 Å². The number of nitrogens with zero attached hydrogens (tertiary/aromatic N) is 1. The van der Waals surface area contributed by atoms with E-state index < -0.39 is 24.4 Å². The minimum atomic E-state index is -0.723. The monoisotopic (exact) mass is 463 g/mol. The SMILES string of the molecule is O=C(COC(=O)c1cccc(N2C(=O)c3ccccc3C2=O)c1)c1ccc(Br)cc1. The molecule has 0 spiro atoms. The molecule has 148 valence electrons. The molecule has 0 aromatic heterocycles. The van der Waals surface area contributed by atoms with E-state index in [1.807, 2.05) is 0 Å². The first-order valence-corrected chi connectivity index (χ1v) is 9.79. The van der Waals surface area contributed by atoms with E-state index in [1.54, 1.807) is 60.7 Å². The van der Waals surface area contributed by atoms with E-state index in [1.165, 1.54) is 12.1 Å². The Morgan fingerprint density at radius 1 is 0.800 bits per heavy atom. The molecule has 0 radical (unpaired) electrons. The van der Waals surface area contributed by atoms with Gasteiger partial charge in [-0.1, -0.05) is 46.3 Å². The van der Waals surface area contributed by atoms with E-state index in [2.05, 4.69) is 15.9 Å². The molecule has 1 aliphatic rings. The molecule has 0 fully saturated rings. The number of rotatable bonds is 5. The lowest BCUT2D eigenvalue weighted by Crippen LogP contribution is -2.29. The van der Waals surface area contributed by atoms with Crippen LogP contribution >= 0.6 is 15.9 Å². The third-order valence-corrected chi connectivity index (χ3v) is 5.16. The van der Waals surface area contributed by atoms with Gasteiger partial charge in [-0.25, -0.2) is 9.69 Å². The summed E-state index contributed by atoms with van der Waals surface area (Å²) in [6.45, 7) is -0.419. The standard InChI is InChI=1S/C23H14BrNO5/c24-16-10-8-14(9-11-16)20(26)13-30-23(29)15-4-3-5-17(12-15)25-21(27)18-6-1-2-7-19(18)22(25)28/h1-12H,13H2. The lowest BCUT2D eigenvalue weighted by atomic mass is 10.1. The Hall–Kier alpha value is -3.58. The number of halogens is 1. The number of carbonyl (C=O) groups excluding carboxylic acids is 4. The van der Waals surface area contributed by atoms with Crippen molar-refractivity contribution in [3.63, 3.8) is 0 Å². The quantitative estimate of drug-likeness (QED) is 0.320. The van der Waals surface area contributed by atoms with Gasteiger partial charge in [0.2, 0.25) is 0 Å². The van der Waals surface area contributed by atoms with Crippen LogP contribution in [0.5, 0.6) is 0 Å². The number of ether oxygens (including phenoxy) is 1. The van der Waals surface area contributed by atoms with Crippen LogP contribution in [0.2, 0.25) is 0 Å². The van der Waals surface area contributed by atoms with Gasteiger partial charge >= 0.3 is 5.97 Å². The average molecular weight is 464 g/mol. The van der Waals surface area contributed by atoms with Crippen LogP contribution < -0.4 is 4.90 Å². The lowest BCUT2D eigenvalue weighted by molar-refractivity contribution is 0.0474. The van der Waals surface area contributed by atoms with Gasteiger partial charge in [0.1, 0.15) is 0 Å². The van der Waals surface area contributed by atoms with Gasteiger partial charge in [-0.15, -0.1) is 0 Å². The van der Waals surface area contributed by atoms with Crippen LogP contribution in [0.4, 0.5) is 5.69 Å². The van der Waals surface area contributed by atoms with Crippen molar-refractivity contribution in [2.24, 2.45) is 0 Å². The van der Waals surface area contributed by atoms with Crippen LogP contribution in [0.3, 0.4) is 0 Å². The smallest absolute Gasteiger partial charge is 0.338 e. The van der Waals surface area contributed by atoms with Gasteiger partial charge < -0.3 is 4.74 Å². The van der Waals surface area contributed by atoms with E-state index in [4.69, 9.17) is 4.74 Å². The predicted octanol–water partition coefficient (Wildman–Crippen LogP) is 4.29. The molecule has 7 heteroatoms. The van der Waals surface area contributed by atoms with Gasteiger partial charge in [-0.2, -0.15) is 0 Å². The molecule has 6 nitrogen and oxygen atoms in total. The van der Waals surface area contributed by atoms with Crippen LogP contribution in [-0.4, -0.2) is 30.2 Å². The molecule has 3 aromatic carbocycles. The third-order valence-electron chi connectivity index (χ3n) is 4.63. The number of hydrogen-bond acceptors (Lipinski definition) is 5. The van der Waals surface area contributed by atoms with Crippen molar-refractivity contribution >= 4 is 45.2 Å². The number of fused-ring (bicyclic) bond motifs is 1. The molecule has 0 saturated carbocycles. The van der Waals surface area contributed by atoms with Crippen molar-refractivity contribution in [1.82, 2.24) is 0 Å². The second-order valence-corrected chi connectivity index (χ2v) is 7.46. The number of esters is 1. The summed E-state index contributed by atoms with van der Waals surface area (Å²) in [6, 6.07) is 19.2. The zero-order valence-corrected chi connectivity index (χ0v) is 17.1. The average Bonchev–Trinajstić information content (AvgIpc) is 3.03. The number of benzene rings is 3. The molecule has 3 aromatic rings. The van der Waals surface area contributed by atoms with E-state index >= 15 is 0 Å². The maximum absolute atomic E-state index is 12.6. The van der Waals surface area contributed by atoms with Gasteiger partial charge in [0.15, 0.2) is 12.4 Å². The van der Waals surface area contributed by atoms with Crippen LogP contribution in [0.1, 0.15) is 41.4 Å². The molecule has 0 atom stereocenters. The van der Waals surface area contributed by atoms with Crippen LogP contribution in [0.15, 0.2) is 77.3 Å². The highest BCUT2D eigenvalue weighted by atomic mass is 79.9. The van der Waals surface area contributed by atoms with Crippen molar-refractivity contribution in [3.8, 4) is 0 Å². The maximum Gasteiger partial charge on any atom is 0.338 e. The molecule has 1 heterocycles. The van der Waals surface area contributed by atoms with Crippen molar-refractivity contribution < 1.29 is 23.9 Å². The molecule has 0 N–H and O–H groups in total. The second-order valence-electron chi connectivity index (χ2n) is 6.55. The summed E-state index contributed by atoms with van der Waals surface area (Å²) in [5.41, 5.74) is 1.44. The zero-order valence-electron chi connectivity index (χ0n) is 15.5. The van der Waals surface area contributed by atoms with Crippen LogP contribution in [0, 0.1) is 0 Å². The Kier molecular flexibility index (Phi) is 5.29. The summed E-state index contributed by atoms with van der Waals surface area (Å²) in [6.07, 6.45) is 0. The minimum absolute atomic E-state index is 0.132. The summed E-state index contributed by atoms with van der Waals surface area (Å²) in [7, 11) is 0. The van der Waals surface area contributed by atoms with Crippen LogP contribution in [0.25, 0.3) is 0 Å². The molecular formula is C23H14BrNO5. The Labute approximate surface area is 180 Å². The summed E-state index contributed by atoms with van der Waals surface area (Å²) >= 11 is 3.29. The van der Waals surface area contributed by atoms with Gasteiger partial charge in [0.05, 0.1) is 22.4 Å². The number of Topliss-reactive ketones (excluding diaryl/α,β-unsaturated/α-hetero) is 1. The first-order valence-electron chi connectivity index (χ1n) is 8.99. The normalized spacial score (nSPS) is 12.6. The zero-order chi connectivity index (χ0) is 21.3. The third kappa shape index (κ3) is 3.67. The molecule has 0 bridgehead atoms. The molecule has 2 amide bonds. The number of carbonyl (C=O) groups is 4. The van der Waals surface area contributed by atoms with Gasteiger partial charge in [0, 0.05) is 10.0 Å². The largest absolute Gasteiger partial charge is 0.454 e. The summed E-state index contributed by atoms with van der Waals surface area (Å²) in [5, 5.41) is 0. The number of anilines is 1. The predicted molar refractivity (Wildman–Crippen MR) is 113 cm³/mol. The molecule has 1 aliphatic heterocycles. The number of imide groups is 1. The summed E-state index contributed by atoms with van der Waals surface area (Å²) in [5.74, 6) is -1.97. The number of amides is 2. The number of ketones is 1. The first-order chi connectivity index (χ1) is 14.5. The van der Waals surface area contributed by atoms with E-state index in [0.717, 1.165) is 9.37 Å². The fourth-order valence-electron chi connectivity index (χ4n) is 3.13. The van der Waals surface area contributed by atoms with E-state index in [0.29, 0.717) is 16.7 Å². The molecule has 0 saturated heterocycles. The Balaban J connectivity index is 1.49. The Bertz CT molecular complexity index is 1150. The fraction of sp³-hybridized carbons (Fsp3) is 0.0435. The van der Waals surface area contributed by atoms with Crippen molar-refractivity contribution in [2.45, 2.75) is 0 Å². The van der Waals surface area contributed by atoms with Crippen molar-refractivity contribution in [2.75, 3.05) is 11.5 Å². The highest BCUT2D eigenvalue weighted by Crippen LogP contribution is 2.28. The molecule has 4 rings (SSSR count). The maximum atomic E-state index is 12.6. The second kappa shape index (κ2) is 8.04. The summed E-state index contributed by atoms with van der Waals surface area (Å²) in [4.78, 5) is 50.9. The fourth-order valence-corrected chi connectivity index (χ4v) is 3.39. The molecule has 30 heavy (non-hydrogen) atoms. The van der Waals surface area contributed by atoms with Crippen molar-refractivity contribution in [1.29, 1.82) is 0 Å². The van der Waals surface area contributed by atoms with E-state index in [9.17, 15) is 19.2 Å². The highest BCUT2D eigenvalue weighted by molar-refractivity contribution is 9.10. The topological polar surface area (TPSA) is 80.8 Å². The number of hydrogen-bond donors (Lipinski definition) is 0. The Morgan fingerprint density at radius 2 is 1.43 bits per heavy atom. The molecule has 0 aliphatic carbocycles.